The van der Waals surface area contributed by atoms with E-state index in [1.54, 1.807) is 0 Å². The minimum atomic E-state index is -3.09. The van der Waals surface area contributed by atoms with E-state index in [-0.39, 0.29) is 36.0 Å². The Hall–Kier alpha value is -1.51. The SMILES string of the molecule is Cc1cc(C(=O)N2CCS(=O)(=O)CC2)nn1C(F)F. The van der Waals surface area contributed by atoms with Gasteiger partial charge in [-0.05, 0) is 13.0 Å². The average Bonchev–Trinajstić information content (AvgIpc) is 2.70. The summed E-state index contributed by atoms with van der Waals surface area (Å²) < 4.78 is 48.0. The highest BCUT2D eigenvalue weighted by molar-refractivity contribution is 7.91. The van der Waals surface area contributed by atoms with Gasteiger partial charge in [-0.1, -0.05) is 0 Å². The molecule has 2 rings (SSSR count). The highest BCUT2D eigenvalue weighted by atomic mass is 32.2. The number of carbonyl (C=O) groups excluding carboxylic acids is 1. The molecule has 1 aromatic rings. The molecule has 0 aromatic carbocycles. The Balaban J connectivity index is 2.15. The van der Waals surface area contributed by atoms with Gasteiger partial charge >= 0.3 is 6.55 Å². The van der Waals surface area contributed by atoms with Gasteiger partial charge in [0, 0.05) is 18.8 Å². The maximum absolute atomic E-state index is 12.5. The quantitative estimate of drug-likeness (QED) is 0.794. The van der Waals surface area contributed by atoms with Gasteiger partial charge in [0.2, 0.25) is 0 Å². The molecule has 0 bridgehead atoms. The minimum Gasteiger partial charge on any atom is -0.335 e. The zero-order chi connectivity index (χ0) is 14.2. The van der Waals surface area contributed by atoms with Gasteiger partial charge in [-0.2, -0.15) is 13.9 Å². The molecule has 0 radical (unpaired) electrons. The molecule has 2 heterocycles. The first-order valence-electron chi connectivity index (χ1n) is 5.64. The van der Waals surface area contributed by atoms with E-state index in [0.717, 1.165) is 0 Å². The normalized spacial score (nSPS) is 18.8. The van der Waals surface area contributed by atoms with Gasteiger partial charge in [-0.3, -0.25) is 4.79 Å². The van der Waals surface area contributed by atoms with Crippen LogP contribution in [0.2, 0.25) is 0 Å². The Morgan fingerprint density at radius 2 is 1.95 bits per heavy atom. The van der Waals surface area contributed by atoms with Crippen LogP contribution in [0.4, 0.5) is 8.78 Å². The molecule has 19 heavy (non-hydrogen) atoms. The van der Waals surface area contributed by atoms with Crippen LogP contribution in [0.1, 0.15) is 22.7 Å². The Bertz CT molecular complexity index is 583. The lowest BCUT2D eigenvalue weighted by Gasteiger charge is -2.25. The highest BCUT2D eigenvalue weighted by Gasteiger charge is 2.27. The Kier molecular flexibility index (Phi) is 3.57. The van der Waals surface area contributed by atoms with Gasteiger partial charge in [0.1, 0.15) is 0 Å². The van der Waals surface area contributed by atoms with Crippen molar-refractivity contribution in [3.63, 3.8) is 0 Å². The molecule has 0 saturated carbocycles. The van der Waals surface area contributed by atoms with Gasteiger partial charge < -0.3 is 4.90 Å². The van der Waals surface area contributed by atoms with E-state index >= 15 is 0 Å². The van der Waals surface area contributed by atoms with Crippen molar-refractivity contribution in [3.8, 4) is 0 Å². The number of carbonyl (C=O) groups is 1. The number of sulfone groups is 1. The zero-order valence-electron chi connectivity index (χ0n) is 10.2. The van der Waals surface area contributed by atoms with Crippen LogP contribution in [0.15, 0.2) is 6.07 Å². The number of amides is 1. The number of hydrogen-bond donors (Lipinski definition) is 0. The van der Waals surface area contributed by atoms with Crippen LogP contribution in [-0.4, -0.2) is 53.6 Å². The molecule has 1 aromatic heterocycles. The van der Waals surface area contributed by atoms with Crippen LogP contribution < -0.4 is 0 Å². The Labute approximate surface area is 108 Å². The van der Waals surface area contributed by atoms with Crippen LogP contribution >= 0.6 is 0 Å². The second-order valence-corrected chi connectivity index (χ2v) is 6.64. The van der Waals surface area contributed by atoms with Crippen LogP contribution in [0.3, 0.4) is 0 Å². The van der Waals surface area contributed by atoms with E-state index in [0.29, 0.717) is 4.68 Å². The fraction of sp³-hybridized carbons (Fsp3) is 0.600. The van der Waals surface area contributed by atoms with Crippen molar-refractivity contribution in [3.05, 3.63) is 17.5 Å². The van der Waals surface area contributed by atoms with Crippen molar-refractivity contribution in [2.24, 2.45) is 0 Å². The summed E-state index contributed by atoms with van der Waals surface area (Å²) in [6, 6.07) is 1.28. The van der Waals surface area contributed by atoms with Crippen LogP contribution in [-0.2, 0) is 9.84 Å². The molecular formula is C10H13F2N3O3S. The molecule has 0 aliphatic carbocycles. The van der Waals surface area contributed by atoms with Gasteiger partial charge in [-0.15, -0.1) is 0 Å². The summed E-state index contributed by atoms with van der Waals surface area (Å²) in [7, 11) is -3.09. The number of rotatable bonds is 2. The lowest BCUT2D eigenvalue weighted by atomic mass is 10.3. The topological polar surface area (TPSA) is 72.3 Å². The number of alkyl halides is 2. The largest absolute Gasteiger partial charge is 0.335 e. The fourth-order valence-corrected chi connectivity index (χ4v) is 3.07. The molecule has 1 aliphatic heterocycles. The van der Waals surface area contributed by atoms with Crippen LogP contribution in [0, 0.1) is 6.92 Å². The number of aryl methyl sites for hydroxylation is 1. The first-order valence-corrected chi connectivity index (χ1v) is 7.46. The maximum Gasteiger partial charge on any atom is 0.333 e. The zero-order valence-corrected chi connectivity index (χ0v) is 11.0. The Morgan fingerprint density at radius 1 is 1.37 bits per heavy atom. The van der Waals surface area contributed by atoms with Crippen LogP contribution in [0.25, 0.3) is 0 Å². The third kappa shape index (κ3) is 2.91. The van der Waals surface area contributed by atoms with Crippen molar-refractivity contribution in [1.29, 1.82) is 0 Å². The van der Waals surface area contributed by atoms with Crippen molar-refractivity contribution in [2.75, 3.05) is 24.6 Å². The maximum atomic E-state index is 12.5. The third-order valence-electron chi connectivity index (χ3n) is 2.96. The number of aromatic nitrogens is 2. The monoisotopic (exact) mass is 293 g/mol. The van der Waals surface area contributed by atoms with Gasteiger partial charge in [0.25, 0.3) is 5.91 Å². The second kappa shape index (κ2) is 4.87. The van der Waals surface area contributed by atoms with E-state index in [2.05, 4.69) is 5.10 Å². The first kappa shape index (κ1) is 13.9. The van der Waals surface area contributed by atoms with E-state index < -0.39 is 22.3 Å². The summed E-state index contributed by atoms with van der Waals surface area (Å²) >= 11 is 0. The van der Waals surface area contributed by atoms with E-state index in [1.165, 1.54) is 17.9 Å². The molecular weight excluding hydrogens is 280 g/mol. The summed E-state index contributed by atoms with van der Waals surface area (Å²) in [5.41, 5.74) is 0.0973. The summed E-state index contributed by atoms with van der Waals surface area (Å²) in [6.07, 6.45) is 0. The molecule has 0 unspecified atom stereocenters. The minimum absolute atomic E-state index is 0.0712. The predicted octanol–water partition coefficient (Wildman–Crippen LogP) is 0.457. The summed E-state index contributed by atoms with van der Waals surface area (Å²) in [5.74, 6) is -0.724. The molecule has 1 aliphatic rings. The smallest absolute Gasteiger partial charge is 0.333 e. The number of halogens is 2. The molecule has 9 heteroatoms. The fourth-order valence-electron chi connectivity index (χ4n) is 1.87. The van der Waals surface area contributed by atoms with E-state index in [9.17, 15) is 22.0 Å². The highest BCUT2D eigenvalue weighted by Crippen LogP contribution is 2.15. The Morgan fingerprint density at radius 3 is 2.42 bits per heavy atom. The molecule has 1 saturated heterocycles. The van der Waals surface area contributed by atoms with Gasteiger partial charge in [0.05, 0.1) is 11.5 Å². The van der Waals surface area contributed by atoms with Crippen molar-refractivity contribution in [1.82, 2.24) is 14.7 Å². The van der Waals surface area contributed by atoms with Crippen LogP contribution in [0.5, 0.6) is 0 Å². The molecule has 0 N–H and O–H groups in total. The molecule has 0 spiro atoms. The first-order chi connectivity index (χ1) is 8.80. The third-order valence-corrected chi connectivity index (χ3v) is 4.57. The molecule has 0 atom stereocenters. The summed E-state index contributed by atoms with van der Waals surface area (Å²) in [4.78, 5) is 13.3. The lowest BCUT2D eigenvalue weighted by Crippen LogP contribution is -2.43. The number of nitrogens with zero attached hydrogens (tertiary/aromatic N) is 3. The molecule has 1 fully saturated rings. The van der Waals surface area contributed by atoms with E-state index in [1.807, 2.05) is 0 Å². The van der Waals surface area contributed by atoms with Crippen molar-refractivity contribution >= 4 is 15.7 Å². The molecule has 1 amide bonds. The molecule has 106 valence electrons. The second-order valence-electron chi connectivity index (χ2n) is 4.34. The average molecular weight is 293 g/mol. The molecule has 6 nitrogen and oxygen atoms in total. The predicted molar refractivity (Wildman–Crippen MR) is 62.8 cm³/mol. The summed E-state index contributed by atoms with van der Waals surface area (Å²) in [6.45, 7) is -1.23. The summed E-state index contributed by atoms with van der Waals surface area (Å²) in [5, 5.41) is 3.55. The standard InChI is InChI=1S/C10H13F2N3O3S/c1-7-6-8(13-15(7)10(11)12)9(16)14-2-4-19(17,18)5-3-14/h6,10H,2-5H2,1H3. The van der Waals surface area contributed by atoms with Crippen molar-refractivity contribution < 1.29 is 22.0 Å². The van der Waals surface area contributed by atoms with Gasteiger partial charge in [-0.25, -0.2) is 13.1 Å². The van der Waals surface area contributed by atoms with E-state index in [4.69, 9.17) is 0 Å². The van der Waals surface area contributed by atoms with Crippen molar-refractivity contribution in [2.45, 2.75) is 13.5 Å². The lowest BCUT2D eigenvalue weighted by molar-refractivity contribution is 0.0532. The number of hydrogen-bond acceptors (Lipinski definition) is 4. The van der Waals surface area contributed by atoms with Gasteiger partial charge in [0.15, 0.2) is 15.5 Å².